The number of benzene rings is 3. The van der Waals surface area contributed by atoms with Crippen LogP contribution in [-0.4, -0.2) is 32.0 Å². The summed E-state index contributed by atoms with van der Waals surface area (Å²) >= 11 is 0. The van der Waals surface area contributed by atoms with Crippen LogP contribution in [0.15, 0.2) is 71.9 Å². The fourth-order valence-corrected chi connectivity index (χ4v) is 4.76. The van der Waals surface area contributed by atoms with Crippen LogP contribution < -0.4 is 29.6 Å². The Morgan fingerprint density at radius 1 is 0.872 bits per heavy atom. The summed E-state index contributed by atoms with van der Waals surface area (Å²) in [5, 5.41) is 5.63. The number of allylic oxidation sites excluding steroid dienone is 1. The number of aryl methyl sites for hydroxylation is 1. The van der Waals surface area contributed by atoms with E-state index >= 15 is 0 Å². The van der Waals surface area contributed by atoms with Gasteiger partial charge in [-0.1, -0.05) is 24.3 Å². The molecule has 3 aliphatic heterocycles. The quantitative estimate of drug-likeness (QED) is 0.437. The number of rotatable bonds is 7. The number of carbonyl (C=O) groups excluding carboxylic acids is 2. The van der Waals surface area contributed by atoms with Crippen LogP contribution in [-0.2, 0) is 22.6 Å². The molecule has 0 radical (unpaired) electrons. The molecule has 0 saturated heterocycles. The lowest BCUT2D eigenvalue weighted by Gasteiger charge is -2.30. The summed E-state index contributed by atoms with van der Waals surface area (Å²) in [6.45, 7) is 0.883. The Balaban J connectivity index is 1.31. The summed E-state index contributed by atoms with van der Waals surface area (Å²) in [5.74, 6) is 1.39. The molecule has 200 valence electrons. The third kappa shape index (κ3) is 5.31. The van der Waals surface area contributed by atoms with E-state index in [0.29, 0.717) is 65.9 Å². The first-order valence-corrected chi connectivity index (χ1v) is 12.5. The first-order valence-electron chi connectivity index (χ1n) is 12.5. The van der Waals surface area contributed by atoms with Crippen molar-refractivity contribution in [2.75, 3.05) is 20.0 Å². The zero-order valence-electron chi connectivity index (χ0n) is 20.8. The van der Waals surface area contributed by atoms with Crippen LogP contribution in [0.25, 0.3) is 0 Å². The number of carbonyl (C=O) groups is 2. The van der Waals surface area contributed by atoms with Gasteiger partial charge in [0.2, 0.25) is 6.79 Å². The lowest BCUT2D eigenvalue weighted by atomic mass is 9.92. The summed E-state index contributed by atoms with van der Waals surface area (Å²) < 4.78 is 41.5. The Morgan fingerprint density at radius 3 is 2.51 bits per heavy atom. The molecule has 0 fully saturated rings. The first kappa shape index (κ1) is 24.6. The molecule has 1 unspecified atom stereocenters. The molecule has 0 aromatic heterocycles. The van der Waals surface area contributed by atoms with Crippen molar-refractivity contribution in [2.45, 2.75) is 25.5 Å². The molecular weight excluding hydrogens is 507 g/mol. The molecule has 39 heavy (non-hydrogen) atoms. The Labute approximate surface area is 223 Å². The van der Waals surface area contributed by atoms with Crippen LogP contribution in [0.5, 0.6) is 23.0 Å². The minimum Gasteiger partial charge on any atom is -0.486 e. The average molecular weight is 533 g/mol. The highest BCUT2D eigenvalue weighted by Crippen LogP contribution is 2.37. The molecule has 0 aliphatic carbocycles. The number of esters is 1. The number of hydrogen-bond acceptors (Lipinski definition) is 7. The fourth-order valence-electron chi connectivity index (χ4n) is 4.76. The van der Waals surface area contributed by atoms with Gasteiger partial charge in [0.15, 0.2) is 23.0 Å². The highest BCUT2D eigenvalue weighted by molar-refractivity contribution is 5.95. The largest absolute Gasteiger partial charge is 0.486 e. The maximum absolute atomic E-state index is 13.7. The van der Waals surface area contributed by atoms with Gasteiger partial charge in [0.25, 0.3) is 0 Å². The smallest absolute Gasteiger partial charge is 0.338 e. The second-order valence-electron chi connectivity index (χ2n) is 9.22. The summed E-state index contributed by atoms with van der Waals surface area (Å²) in [4.78, 5) is 26.3. The van der Waals surface area contributed by atoms with Crippen LogP contribution >= 0.6 is 0 Å². The van der Waals surface area contributed by atoms with Crippen LogP contribution in [0.2, 0.25) is 0 Å². The van der Waals surface area contributed by atoms with Crippen molar-refractivity contribution in [3.05, 3.63) is 94.4 Å². The SMILES string of the molecule is O=C1NC(CCc2ccc3c(c2)OCO3)=C(C(=O)OCc2cccc(F)c2)C(c2ccc3c(c2)OCCO3)N1. The molecular formula is C29H25FN2O7. The molecule has 9 nitrogen and oxygen atoms in total. The van der Waals surface area contributed by atoms with E-state index in [0.717, 1.165) is 5.56 Å². The molecule has 3 aromatic carbocycles. The molecule has 0 bridgehead atoms. The van der Waals surface area contributed by atoms with Gasteiger partial charge in [-0.15, -0.1) is 0 Å². The molecule has 10 heteroatoms. The number of amides is 2. The van der Waals surface area contributed by atoms with E-state index < -0.39 is 23.9 Å². The van der Waals surface area contributed by atoms with Crippen LogP contribution in [0, 0.1) is 5.82 Å². The molecule has 1 atom stereocenters. The summed E-state index contributed by atoms with van der Waals surface area (Å²) in [6.07, 6.45) is 0.860. The van der Waals surface area contributed by atoms with E-state index in [1.807, 2.05) is 18.2 Å². The molecule has 3 aromatic rings. The van der Waals surface area contributed by atoms with E-state index in [1.165, 1.54) is 12.1 Å². The number of fused-ring (bicyclic) bond motifs is 2. The first-order chi connectivity index (χ1) is 19.0. The Kier molecular flexibility index (Phi) is 6.66. The van der Waals surface area contributed by atoms with E-state index in [2.05, 4.69) is 10.6 Å². The predicted molar refractivity (Wildman–Crippen MR) is 136 cm³/mol. The average Bonchev–Trinajstić information content (AvgIpc) is 3.42. The number of ether oxygens (including phenoxy) is 5. The van der Waals surface area contributed by atoms with Crippen molar-refractivity contribution in [1.82, 2.24) is 10.6 Å². The van der Waals surface area contributed by atoms with Gasteiger partial charge in [0.1, 0.15) is 25.6 Å². The second kappa shape index (κ2) is 10.6. The number of nitrogens with one attached hydrogen (secondary N) is 2. The van der Waals surface area contributed by atoms with Gasteiger partial charge >= 0.3 is 12.0 Å². The van der Waals surface area contributed by atoms with Crippen molar-refractivity contribution in [2.24, 2.45) is 0 Å². The lowest BCUT2D eigenvalue weighted by molar-refractivity contribution is -0.140. The van der Waals surface area contributed by atoms with Gasteiger partial charge in [-0.3, -0.25) is 0 Å². The van der Waals surface area contributed by atoms with Gasteiger partial charge in [-0.2, -0.15) is 0 Å². The molecule has 0 saturated carbocycles. The third-order valence-electron chi connectivity index (χ3n) is 6.63. The summed E-state index contributed by atoms with van der Waals surface area (Å²) in [6, 6.07) is 15.5. The molecule has 3 aliphatic rings. The topological polar surface area (TPSA) is 104 Å². The number of halogens is 1. The van der Waals surface area contributed by atoms with Gasteiger partial charge < -0.3 is 34.3 Å². The van der Waals surface area contributed by atoms with E-state index in [9.17, 15) is 14.0 Å². The minimum absolute atomic E-state index is 0.128. The second-order valence-corrected chi connectivity index (χ2v) is 9.22. The molecule has 2 N–H and O–H groups in total. The Bertz CT molecular complexity index is 1470. The van der Waals surface area contributed by atoms with Gasteiger partial charge in [0.05, 0.1) is 11.6 Å². The summed E-state index contributed by atoms with van der Waals surface area (Å²) in [7, 11) is 0. The number of urea groups is 1. The van der Waals surface area contributed by atoms with Crippen LogP contribution in [0.3, 0.4) is 0 Å². The van der Waals surface area contributed by atoms with E-state index in [4.69, 9.17) is 23.7 Å². The monoisotopic (exact) mass is 532 g/mol. The minimum atomic E-state index is -0.804. The lowest BCUT2D eigenvalue weighted by Crippen LogP contribution is -2.46. The molecule has 6 rings (SSSR count). The van der Waals surface area contributed by atoms with Crippen molar-refractivity contribution < 1.29 is 37.7 Å². The maximum atomic E-state index is 13.7. The number of hydrogen-bond donors (Lipinski definition) is 2. The van der Waals surface area contributed by atoms with E-state index in [-0.39, 0.29) is 19.0 Å². The third-order valence-corrected chi connectivity index (χ3v) is 6.63. The highest BCUT2D eigenvalue weighted by Gasteiger charge is 2.34. The van der Waals surface area contributed by atoms with Gasteiger partial charge in [-0.05, 0) is 65.9 Å². The van der Waals surface area contributed by atoms with E-state index in [1.54, 1.807) is 30.3 Å². The highest BCUT2D eigenvalue weighted by atomic mass is 19.1. The van der Waals surface area contributed by atoms with Crippen LogP contribution in [0.1, 0.15) is 29.2 Å². The van der Waals surface area contributed by atoms with Crippen molar-refractivity contribution in [1.29, 1.82) is 0 Å². The maximum Gasteiger partial charge on any atom is 0.338 e. The van der Waals surface area contributed by atoms with Gasteiger partial charge in [-0.25, -0.2) is 14.0 Å². The zero-order chi connectivity index (χ0) is 26.8. The molecule has 3 heterocycles. The zero-order valence-corrected chi connectivity index (χ0v) is 20.8. The Morgan fingerprint density at radius 2 is 1.64 bits per heavy atom. The normalized spacial score (nSPS) is 17.4. The van der Waals surface area contributed by atoms with Gasteiger partial charge in [0, 0.05) is 5.70 Å². The molecule has 2 amide bonds. The summed E-state index contributed by atoms with van der Waals surface area (Å²) in [5.41, 5.74) is 2.77. The fraction of sp³-hybridized carbons (Fsp3) is 0.241. The molecule has 0 spiro atoms. The Hall–Kier alpha value is -4.73. The van der Waals surface area contributed by atoms with Crippen molar-refractivity contribution >= 4 is 12.0 Å². The van der Waals surface area contributed by atoms with Crippen molar-refractivity contribution in [3.8, 4) is 23.0 Å². The van der Waals surface area contributed by atoms with Crippen molar-refractivity contribution in [3.63, 3.8) is 0 Å². The van der Waals surface area contributed by atoms with Crippen LogP contribution in [0.4, 0.5) is 9.18 Å². The standard InChI is InChI=1S/C29H25FN2O7/c30-20-3-1-2-18(12-20)15-37-28(33)26-21(7-4-17-5-8-23-24(13-17)39-16-38-23)31-29(34)32-27(26)19-6-9-22-25(14-19)36-11-10-35-22/h1-3,5-6,8-9,12-14,27H,4,7,10-11,15-16H2,(H2,31,32,34). The predicted octanol–water partition coefficient (Wildman–Crippen LogP) is 4.31.